The maximum atomic E-state index is 5.19. The molecule has 0 saturated heterocycles. The number of rotatable bonds is 2. The van der Waals surface area contributed by atoms with Crippen LogP contribution >= 0.6 is 11.8 Å². The molecule has 0 spiro atoms. The van der Waals surface area contributed by atoms with Crippen molar-refractivity contribution in [3.8, 4) is 0 Å². The van der Waals surface area contributed by atoms with E-state index in [1.165, 1.54) is 0 Å². The Kier molecular flexibility index (Phi) is 3.68. The van der Waals surface area contributed by atoms with Crippen LogP contribution in [0.2, 0.25) is 0 Å². The van der Waals surface area contributed by atoms with Crippen molar-refractivity contribution < 1.29 is 0 Å². The molecule has 0 aromatic rings. The molecule has 0 amide bonds. The minimum Gasteiger partial charge on any atom is -0.322 e. The van der Waals surface area contributed by atoms with E-state index in [0.717, 1.165) is 5.88 Å². The Morgan fingerprint density at radius 2 is 2.17 bits per heavy atom. The van der Waals surface area contributed by atoms with E-state index >= 15 is 0 Å². The first-order chi connectivity index (χ1) is 2.77. The van der Waals surface area contributed by atoms with Crippen LogP contribution in [0.15, 0.2) is 0 Å². The van der Waals surface area contributed by atoms with Gasteiger partial charge in [0.15, 0.2) is 0 Å². The summed E-state index contributed by atoms with van der Waals surface area (Å²) in [6, 6.07) is 0. The van der Waals surface area contributed by atoms with Crippen LogP contribution in [0.4, 0.5) is 0 Å². The van der Waals surface area contributed by atoms with Crippen LogP contribution in [0.3, 0.4) is 0 Å². The zero-order valence-corrected chi connectivity index (χ0v) is 5.09. The highest BCUT2D eigenvalue weighted by molar-refractivity contribution is 7.99. The molecule has 1 nitrogen and oxygen atoms in total. The Bertz CT molecular complexity index is 28.7. The lowest BCUT2D eigenvalue weighted by Gasteiger charge is -1.96. The molecule has 0 rings (SSSR count). The highest BCUT2D eigenvalue weighted by atomic mass is 32.2. The van der Waals surface area contributed by atoms with Crippen LogP contribution in [-0.4, -0.2) is 11.1 Å². The molecular weight excluding hydrogens is 94.1 g/mol. The van der Waals surface area contributed by atoms with Crippen molar-refractivity contribution in [2.75, 3.05) is 5.88 Å². The highest BCUT2D eigenvalue weighted by Crippen LogP contribution is 2.03. The molecule has 0 atom stereocenters. The number of hydrogen-bond donors (Lipinski definition) is 1. The smallest absolute Gasteiger partial charge is 0.0395 e. The summed E-state index contributed by atoms with van der Waals surface area (Å²) in [5.74, 6) is 0.748. The van der Waals surface area contributed by atoms with Crippen molar-refractivity contribution in [2.24, 2.45) is 5.73 Å². The van der Waals surface area contributed by atoms with Gasteiger partial charge in [0.05, 0.1) is 0 Å². The van der Waals surface area contributed by atoms with Gasteiger partial charge in [-0.05, 0) is 0 Å². The fourth-order valence-electron chi connectivity index (χ4n) is 0.192. The van der Waals surface area contributed by atoms with Crippen LogP contribution in [-0.2, 0) is 0 Å². The molecule has 38 valence electrons. The molecule has 0 saturated carbocycles. The van der Waals surface area contributed by atoms with Gasteiger partial charge >= 0.3 is 0 Å². The molecule has 0 bridgehead atoms. The maximum absolute atomic E-state index is 5.19. The van der Waals surface area contributed by atoms with Gasteiger partial charge < -0.3 is 5.73 Å². The van der Waals surface area contributed by atoms with E-state index in [1.54, 1.807) is 11.8 Å². The second kappa shape index (κ2) is 3.50. The number of nitrogens with two attached hydrogens (primary N) is 1. The Balaban J connectivity index is 2.63. The van der Waals surface area contributed by atoms with Gasteiger partial charge in [0.2, 0.25) is 0 Å². The topological polar surface area (TPSA) is 26.0 Å². The lowest BCUT2D eigenvalue weighted by Crippen LogP contribution is -1.97. The second-order valence-corrected chi connectivity index (χ2v) is 2.99. The third kappa shape index (κ3) is 4.31. The van der Waals surface area contributed by atoms with E-state index < -0.39 is 0 Å². The average molecular weight is 105 g/mol. The quantitative estimate of drug-likeness (QED) is 0.531. The Labute approximate surface area is 43.3 Å². The number of hydrogen-bond acceptors (Lipinski definition) is 2. The van der Waals surface area contributed by atoms with Crippen molar-refractivity contribution in [2.45, 2.75) is 19.1 Å². The molecule has 0 aliphatic rings. The SMILES string of the molecule is CC(C)SCN. The van der Waals surface area contributed by atoms with E-state index in [0.29, 0.717) is 5.25 Å². The second-order valence-electron chi connectivity index (χ2n) is 1.38. The highest BCUT2D eigenvalue weighted by Gasteiger charge is 1.85. The molecule has 0 aromatic heterocycles. The monoisotopic (exact) mass is 105 g/mol. The summed E-state index contributed by atoms with van der Waals surface area (Å²) < 4.78 is 0. The van der Waals surface area contributed by atoms with E-state index in [2.05, 4.69) is 13.8 Å². The molecule has 6 heavy (non-hydrogen) atoms. The zero-order valence-electron chi connectivity index (χ0n) is 4.27. The van der Waals surface area contributed by atoms with E-state index in [-0.39, 0.29) is 0 Å². The summed E-state index contributed by atoms with van der Waals surface area (Å²) in [4.78, 5) is 0. The summed E-state index contributed by atoms with van der Waals surface area (Å²) in [5, 5.41) is 0.690. The summed E-state index contributed by atoms with van der Waals surface area (Å²) in [6.07, 6.45) is 0. The van der Waals surface area contributed by atoms with Gasteiger partial charge in [-0.1, -0.05) is 13.8 Å². The minimum atomic E-state index is 0.690. The first-order valence-corrected chi connectivity index (χ1v) is 3.14. The van der Waals surface area contributed by atoms with Crippen molar-refractivity contribution >= 4 is 11.8 Å². The molecule has 0 aliphatic heterocycles. The molecule has 0 unspecified atom stereocenters. The molecule has 0 fully saturated rings. The van der Waals surface area contributed by atoms with Crippen molar-refractivity contribution in [1.29, 1.82) is 0 Å². The van der Waals surface area contributed by atoms with Crippen LogP contribution in [0.5, 0.6) is 0 Å². The molecule has 2 N–H and O–H groups in total. The van der Waals surface area contributed by atoms with Gasteiger partial charge in [-0.2, -0.15) is 0 Å². The summed E-state index contributed by atoms with van der Waals surface area (Å²) in [5.41, 5.74) is 5.19. The lowest BCUT2D eigenvalue weighted by molar-refractivity contribution is 1.11. The van der Waals surface area contributed by atoms with Crippen molar-refractivity contribution in [3.63, 3.8) is 0 Å². The zero-order chi connectivity index (χ0) is 4.99. The van der Waals surface area contributed by atoms with Gasteiger partial charge in [-0.3, -0.25) is 0 Å². The Morgan fingerprint density at radius 3 is 2.17 bits per heavy atom. The van der Waals surface area contributed by atoms with Crippen molar-refractivity contribution in [1.82, 2.24) is 0 Å². The first kappa shape index (κ1) is 6.31. The van der Waals surface area contributed by atoms with Crippen LogP contribution in [0.1, 0.15) is 13.8 Å². The fourth-order valence-corrected chi connectivity index (χ4v) is 0.577. The molecule has 0 heterocycles. The Morgan fingerprint density at radius 1 is 1.67 bits per heavy atom. The first-order valence-electron chi connectivity index (χ1n) is 2.09. The third-order valence-corrected chi connectivity index (χ3v) is 1.29. The van der Waals surface area contributed by atoms with Crippen molar-refractivity contribution in [3.05, 3.63) is 0 Å². The largest absolute Gasteiger partial charge is 0.322 e. The van der Waals surface area contributed by atoms with Gasteiger partial charge in [0.1, 0.15) is 0 Å². The lowest BCUT2D eigenvalue weighted by atomic mass is 10.6. The van der Waals surface area contributed by atoms with Crippen LogP contribution < -0.4 is 5.73 Å². The summed E-state index contributed by atoms with van der Waals surface area (Å²) in [7, 11) is 0. The van der Waals surface area contributed by atoms with Gasteiger partial charge in [0, 0.05) is 11.1 Å². The van der Waals surface area contributed by atoms with Gasteiger partial charge in [-0.25, -0.2) is 0 Å². The van der Waals surface area contributed by atoms with Crippen LogP contribution in [0.25, 0.3) is 0 Å². The summed E-state index contributed by atoms with van der Waals surface area (Å²) in [6.45, 7) is 4.27. The predicted octanol–water partition coefficient (Wildman–Crippen LogP) is 1.04. The summed E-state index contributed by atoms with van der Waals surface area (Å²) >= 11 is 1.76. The molecular formula is C4H11NS. The molecule has 0 aliphatic carbocycles. The van der Waals surface area contributed by atoms with Gasteiger partial charge in [0.25, 0.3) is 0 Å². The molecule has 2 heteroatoms. The van der Waals surface area contributed by atoms with E-state index in [9.17, 15) is 0 Å². The standard InChI is InChI=1S/C4H11NS/c1-4(2)6-3-5/h4H,3,5H2,1-2H3. The van der Waals surface area contributed by atoms with E-state index in [1.807, 2.05) is 0 Å². The molecule has 0 aromatic carbocycles. The van der Waals surface area contributed by atoms with Gasteiger partial charge in [-0.15, -0.1) is 11.8 Å². The fraction of sp³-hybridized carbons (Fsp3) is 1.00. The minimum absolute atomic E-state index is 0.690. The average Bonchev–Trinajstić information content (AvgIpc) is 1.35. The number of thioether (sulfide) groups is 1. The Hall–Kier alpha value is 0.310. The third-order valence-electron chi connectivity index (χ3n) is 0.430. The van der Waals surface area contributed by atoms with E-state index in [4.69, 9.17) is 5.73 Å². The predicted molar refractivity (Wildman–Crippen MR) is 31.8 cm³/mol. The van der Waals surface area contributed by atoms with Crippen LogP contribution in [0, 0.1) is 0 Å². The molecule has 0 radical (unpaired) electrons. The maximum Gasteiger partial charge on any atom is 0.0395 e. The normalized spacial score (nSPS) is 10.0.